The van der Waals surface area contributed by atoms with Gasteiger partial charge in [-0.15, -0.1) is 24.0 Å². The minimum absolute atomic E-state index is 0. The Morgan fingerprint density at radius 1 is 0.935 bits per heavy atom. The van der Waals surface area contributed by atoms with Crippen molar-refractivity contribution in [3.63, 3.8) is 0 Å². The van der Waals surface area contributed by atoms with Crippen LogP contribution < -0.4 is 16.0 Å². The average Bonchev–Trinajstić information content (AvgIpc) is 2.75. The number of aliphatic imine (C=N–C) groups is 1. The van der Waals surface area contributed by atoms with Gasteiger partial charge in [0.2, 0.25) is 0 Å². The second kappa shape index (κ2) is 15.6. The molecule has 170 valence electrons. The highest BCUT2D eigenvalue weighted by Crippen LogP contribution is 2.07. The summed E-state index contributed by atoms with van der Waals surface area (Å²) in [6.45, 7) is 5.68. The van der Waals surface area contributed by atoms with Crippen LogP contribution in [0, 0.1) is 0 Å². The van der Waals surface area contributed by atoms with Crippen LogP contribution in [0.15, 0.2) is 59.6 Å². The van der Waals surface area contributed by atoms with Gasteiger partial charge < -0.3 is 20.9 Å². The van der Waals surface area contributed by atoms with Crippen LogP contribution in [0.5, 0.6) is 0 Å². The number of hydrogen-bond donors (Lipinski definition) is 3. The molecule has 0 atom stereocenters. The van der Waals surface area contributed by atoms with Crippen molar-refractivity contribution in [3.8, 4) is 0 Å². The van der Waals surface area contributed by atoms with Gasteiger partial charge in [0.25, 0.3) is 5.91 Å². The molecule has 0 aliphatic carbocycles. The van der Waals surface area contributed by atoms with Crippen molar-refractivity contribution in [2.75, 3.05) is 40.3 Å². The smallest absolute Gasteiger partial charge is 0.251 e. The first kappa shape index (κ1) is 26.9. The van der Waals surface area contributed by atoms with E-state index in [9.17, 15) is 4.79 Å². The molecule has 31 heavy (non-hydrogen) atoms. The molecular weight excluding hydrogens is 501 g/mol. The highest BCUT2D eigenvalue weighted by atomic mass is 127. The predicted octanol–water partition coefficient (Wildman–Crippen LogP) is 3.28. The third-order valence-electron chi connectivity index (χ3n) is 4.58. The molecule has 0 fully saturated rings. The van der Waals surface area contributed by atoms with Crippen LogP contribution in [0.4, 0.5) is 0 Å². The fourth-order valence-electron chi connectivity index (χ4n) is 2.96. The van der Waals surface area contributed by atoms with E-state index in [1.807, 2.05) is 49.3 Å². The lowest BCUT2D eigenvalue weighted by atomic mass is 10.1. The molecule has 0 spiro atoms. The molecule has 0 saturated heterocycles. The number of nitrogens with zero attached hydrogens (tertiary/aromatic N) is 2. The van der Waals surface area contributed by atoms with E-state index in [0.29, 0.717) is 18.7 Å². The van der Waals surface area contributed by atoms with E-state index >= 15 is 0 Å². The number of benzene rings is 2. The van der Waals surface area contributed by atoms with Gasteiger partial charge in [-0.05, 0) is 57.1 Å². The molecule has 2 aromatic rings. The van der Waals surface area contributed by atoms with E-state index in [1.54, 1.807) is 0 Å². The quantitative estimate of drug-likeness (QED) is 0.178. The van der Waals surface area contributed by atoms with Gasteiger partial charge in [0.15, 0.2) is 5.96 Å². The van der Waals surface area contributed by atoms with Crippen LogP contribution in [0.1, 0.15) is 34.8 Å². The maximum Gasteiger partial charge on any atom is 0.251 e. The highest BCUT2D eigenvalue weighted by molar-refractivity contribution is 14.0. The number of hydrogen-bond acceptors (Lipinski definition) is 3. The maximum absolute atomic E-state index is 12.3. The molecule has 2 rings (SSSR count). The largest absolute Gasteiger partial charge is 0.357 e. The first-order valence-corrected chi connectivity index (χ1v) is 10.7. The molecule has 0 aliphatic heterocycles. The van der Waals surface area contributed by atoms with E-state index in [-0.39, 0.29) is 29.9 Å². The summed E-state index contributed by atoms with van der Waals surface area (Å²) in [4.78, 5) is 19.0. The Morgan fingerprint density at radius 3 is 2.39 bits per heavy atom. The van der Waals surface area contributed by atoms with Crippen molar-refractivity contribution in [1.82, 2.24) is 20.9 Å². The number of carbonyl (C=O) groups excluding carboxylic acids is 1. The minimum Gasteiger partial charge on any atom is -0.357 e. The van der Waals surface area contributed by atoms with Crippen LogP contribution in [0.3, 0.4) is 0 Å². The molecule has 1 amide bonds. The average molecular weight is 537 g/mol. The highest BCUT2D eigenvalue weighted by Gasteiger charge is 2.06. The summed E-state index contributed by atoms with van der Waals surface area (Å²) in [5.74, 6) is 0.750. The van der Waals surface area contributed by atoms with Crippen molar-refractivity contribution in [2.45, 2.75) is 26.3 Å². The normalized spacial score (nSPS) is 11.0. The van der Waals surface area contributed by atoms with Crippen LogP contribution in [-0.2, 0) is 13.0 Å². The first-order chi connectivity index (χ1) is 14.6. The summed E-state index contributed by atoms with van der Waals surface area (Å²) in [5.41, 5.74) is 3.03. The fraction of sp³-hybridized carbons (Fsp3) is 0.417. The van der Waals surface area contributed by atoms with Crippen LogP contribution >= 0.6 is 24.0 Å². The molecule has 7 heteroatoms. The van der Waals surface area contributed by atoms with E-state index in [2.05, 4.69) is 52.1 Å². The second-order valence-corrected chi connectivity index (χ2v) is 7.47. The summed E-state index contributed by atoms with van der Waals surface area (Å²) in [7, 11) is 3.98. The van der Waals surface area contributed by atoms with E-state index in [0.717, 1.165) is 44.0 Å². The van der Waals surface area contributed by atoms with Crippen LogP contribution in [-0.4, -0.2) is 57.0 Å². The molecule has 0 saturated carbocycles. The molecule has 0 aromatic heterocycles. The molecule has 0 aliphatic rings. The van der Waals surface area contributed by atoms with Gasteiger partial charge in [0.05, 0.1) is 6.54 Å². The zero-order valence-electron chi connectivity index (χ0n) is 18.9. The Labute approximate surface area is 203 Å². The minimum atomic E-state index is -0.0476. The zero-order valence-corrected chi connectivity index (χ0v) is 21.2. The lowest BCUT2D eigenvalue weighted by Gasteiger charge is -2.12. The molecule has 2 aromatic carbocycles. The van der Waals surface area contributed by atoms with Gasteiger partial charge in [-0.3, -0.25) is 4.79 Å². The summed E-state index contributed by atoms with van der Waals surface area (Å²) in [6.07, 6.45) is 2.08. The lowest BCUT2D eigenvalue weighted by Crippen LogP contribution is -2.37. The molecule has 6 nitrogen and oxygen atoms in total. The molecular formula is C24H36IN5O. The van der Waals surface area contributed by atoms with Gasteiger partial charge in [-0.2, -0.15) is 0 Å². The summed E-state index contributed by atoms with van der Waals surface area (Å²) in [6, 6.07) is 18.2. The Bertz CT molecular complexity index is 796. The van der Waals surface area contributed by atoms with Crippen molar-refractivity contribution >= 4 is 35.8 Å². The third-order valence-corrected chi connectivity index (χ3v) is 4.58. The standard InChI is InChI=1S/C24H35N5O.HI/c1-4-25-24(27-15-9-13-20-10-6-5-7-11-20)28-19-21-12-8-14-22(18-21)23(30)26-16-17-29(2)3;/h5-8,10-12,14,18H,4,9,13,15-17,19H2,1-3H3,(H,26,30)(H2,25,27,28);1H. The topological polar surface area (TPSA) is 68.8 Å². The Morgan fingerprint density at radius 2 is 1.68 bits per heavy atom. The van der Waals surface area contributed by atoms with Crippen LogP contribution in [0.25, 0.3) is 0 Å². The number of aryl methyl sites for hydroxylation is 1. The van der Waals surface area contributed by atoms with E-state index in [4.69, 9.17) is 0 Å². The van der Waals surface area contributed by atoms with Gasteiger partial charge >= 0.3 is 0 Å². The van der Waals surface area contributed by atoms with Gasteiger partial charge in [0, 0.05) is 31.7 Å². The summed E-state index contributed by atoms with van der Waals surface area (Å²) in [5, 5.41) is 9.62. The number of likely N-dealkylation sites (N-methyl/N-ethyl adjacent to an activating group) is 1. The number of amides is 1. The number of guanidine groups is 1. The second-order valence-electron chi connectivity index (χ2n) is 7.47. The number of halogens is 1. The molecule has 0 unspecified atom stereocenters. The monoisotopic (exact) mass is 537 g/mol. The van der Waals surface area contributed by atoms with Crippen molar-refractivity contribution in [1.29, 1.82) is 0 Å². The molecule has 3 N–H and O–H groups in total. The van der Waals surface area contributed by atoms with E-state index < -0.39 is 0 Å². The molecule has 0 bridgehead atoms. The summed E-state index contributed by atoms with van der Waals surface area (Å²) >= 11 is 0. The van der Waals surface area contributed by atoms with Gasteiger partial charge in [-0.25, -0.2) is 4.99 Å². The Hall–Kier alpha value is -2.13. The van der Waals surface area contributed by atoms with Gasteiger partial charge in [0.1, 0.15) is 0 Å². The Kier molecular flexibility index (Phi) is 13.6. The van der Waals surface area contributed by atoms with Crippen molar-refractivity contribution in [3.05, 3.63) is 71.3 Å². The van der Waals surface area contributed by atoms with Crippen molar-refractivity contribution < 1.29 is 4.79 Å². The number of rotatable bonds is 11. The van der Waals surface area contributed by atoms with Gasteiger partial charge in [-0.1, -0.05) is 42.5 Å². The fourth-order valence-corrected chi connectivity index (χ4v) is 2.96. The number of carbonyl (C=O) groups is 1. The summed E-state index contributed by atoms with van der Waals surface area (Å²) < 4.78 is 0. The zero-order chi connectivity index (χ0) is 21.6. The van der Waals surface area contributed by atoms with E-state index in [1.165, 1.54) is 5.56 Å². The van der Waals surface area contributed by atoms with Crippen molar-refractivity contribution in [2.24, 2.45) is 4.99 Å². The molecule has 0 radical (unpaired) electrons. The number of nitrogens with one attached hydrogen (secondary N) is 3. The third kappa shape index (κ3) is 11.2. The SMILES string of the molecule is CCNC(=NCc1cccc(C(=O)NCCN(C)C)c1)NCCCc1ccccc1.I. The molecule has 0 heterocycles. The lowest BCUT2D eigenvalue weighted by molar-refractivity contribution is 0.0951. The maximum atomic E-state index is 12.3. The predicted molar refractivity (Wildman–Crippen MR) is 140 cm³/mol. The first-order valence-electron chi connectivity index (χ1n) is 10.7. The Balaban J connectivity index is 0.00000480. The van der Waals surface area contributed by atoms with Crippen LogP contribution in [0.2, 0.25) is 0 Å².